The molecule has 3 aromatic heterocycles. The third kappa shape index (κ3) is 9.30. The Morgan fingerprint density at radius 1 is 1.11 bits per heavy atom. The summed E-state index contributed by atoms with van der Waals surface area (Å²) in [6, 6.07) is 11.6. The van der Waals surface area contributed by atoms with Crippen molar-refractivity contribution >= 4 is 46.1 Å². The van der Waals surface area contributed by atoms with Gasteiger partial charge in [0, 0.05) is 47.4 Å². The molecule has 0 radical (unpaired) electrons. The van der Waals surface area contributed by atoms with Crippen LogP contribution >= 0.6 is 11.6 Å². The van der Waals surface area contributed by atoms with Gasteiger partial charge in [-0.1, -0.05) is 35.9 Å². The van der Waals surface area contributed by atoms with E-state index in [1.165, 1.54) is 6.08 Å². The number of aromatic amines is 1. The monoisotopic (exact) mass is 658 g/mol. The van der Waals surface area contributed by atoms with Crippen molar-refractivity contribution in [1.82, 2.24) is 29.7 Å². The molecule has 12 heteroatoms. The number of carbonyl (C=O) groups is 2. The van der Waals surface area contributed by atoms with E-state index in [2.05, 4.69) is 25.6 Å². The van der Waals surface area contributed by atoms with E-state index in [1.54, 1.807) is 29.4 Å². The molecule has 1 aromatic carbocycles. The number of fused-ring (bicyclic) bond motifs is 1. The molecule has 2 amide bonds. The molecule has 3 heterocycles. The molecule has 0 saturated heterocycles. The predicted octanol–water partition coefficient (Wildman–Crippen LogP) is 6.89. The van der Waals surface area contributed by atoms with Crippen molar-refractivity contribution < 1.29 is 14.3 Å². The lowest BCUT2D eigenvalue weighted by Gasteiger charge is -2.38. The minimum Gasteiger partial charge on any atom is -0.444 e. The summed E-state index contributed by atoms with van der Waals surface area (Å²) < 4.78 is 5.84. The van der Waals surface area contributed by atoms with Crippen LogP contribution < -0.4 is 10.6 Å². The van der Waals surface area contributed by atoms with E-state index in [4.69, 9.17) is 21.3 Å². The molecule has 248 valence electrons. The van der Waals surface area contributed by atoms with Gasteiger partial charge in [-0.25, -0.2) is 14.8 Å². The number of nitrogens with one attached hydrogen (secondary N) is 3. The first-order chi connectivity index (χ1) is 22.4. The maximum atomic E-state index is 13.6. The number of aromatic nitrogens is 4. The van der Waals surface area contributed by atoms with Crippen molar-refractivity contribution in [3.05, 3.63) is 77.9 Å². The summed E-state index contributed by atoms with van der Waals surface area (Å²) in [6.07, 6.45) is 11.4. The molecule has 5 rings (SSSR count). The van der Waals surface area contributed by atoms with E-state index in [0.717, 1.165) is 35.7 Å². The fourth-order valence-electron chi connectivity index (χ4n) is 5.64. The Kier molecular flexibility index (Phi) is 10.8. The Morgan fingerprint density at radius 3 is 2.66 bits per heavy atom. The van der Waals surface area contributed by atoms with Crippen LogP contribution in [0, 0.1) is 0 Å². The number of benzene rings is 1. The Labute approximate surface area is 280 Å². The second-order valence-corrected chi connectivity index (χ2v) is 13.5. The number of halogens is 1. The maximum absolute atomic E-state index is 13.6. The van der Waals surface area contributed by atoms with Crippen LogP contribution in [-0.4, -0.2) is 80.1 Å². The molecule has 0 spiro atoms. The van der Waals surface area contributed by atoms with Crippen LogP contribution in [0.15, 0.2) is 67.1 Å². The molecule has 0 bridgehead atoms. The smallest absolute Gasteiger partial charge is 0.410 e. The largest absolute Gasteiger partial charge is 0.444 e. The van der Waals surface area contributed by atoms with Crippen molar-refractivity contribution in [2.24, 2.45) is 0 Å². The number of H-pyrrole nitrogens is 1. The second kappa shape index (κ2) is 15.0. The van der Waals surface area contributed by atoms with Crippen LogP contribution in [0.25, 0.3) is 22.2 Å². The lowest BCUT2D eigenvalue weighted by Crippen LogP contribution is -2.47. The molecule has 11 nitrogen and oxygen atoms in total. The van der Waals surface area contributed by atoms with Crippen LogP contribution in [-0.2, 0) is 16.1 Å². The molecular weight excluding hydrogens is 616 g/mol. The Hall–Kier alpha value is -4.48. The van der Waals surface area contributed by atoms with E-state index < -0.39 is 11.7 Å². The predicted molar refractivity (Wildman–Crippen MR) is 186 cm³/mol. The van der Waals surface area contributed by atoms with Gasteiger partial charge in [-0.05, 0) is 78.7 Å². The van der Waals surface area contributed by atoms with Gasteiger partial charge in [-0.15, -0.1) is 0 Å². The molecule has 3 N–H and O–H groups in total. The molecule has 1 aliphatic rings. The van der Waals surface area contributed by atoms with Gasteiger partial charge in [0.25, 0.3) is 0 Å². The highest BCUT2D eigenvalue weighted by Crippen LogP contribution is 2.33. The topological polar surface area (TPSA) is 128 Å². The lowest BCUT2D eigenvalue weighted by atomic mass is 9.90. The quantitative estimate of drug-likeness (QED) is 0.157. The van der Waals surface area contributed by atoms with Crippen LogP contribution in [0.1, 0.15) is 52.1 Å². The number of carbonyl (C=O) groups excluding carboxylic acids is 2. The van der Waals surface area contributed by atoms with Gasteiger partial charge in [0.2, 0.25) is 11.9 Å². The first kappa shape index (κ1) is 33.9. The maximum Gasteiger partial charge on any atom is 0.410 e. The number of amides is 2. The minimum absolute atomic E-state index is 0.0294. The van der Waals surface area contributed by atoms with Crippen molar-refractivity contribution in [3.63, 3.8) is 0 Å². The zero-order chi connectivity index (χ0) is 33.6. The Bertz CT molecular complexity index is 1710. The van der Waals surface area contributed by atoms with Crippen molar-refractivity contribution in [2.75, 3.05) is 31.3 Å². The number of likely N-dealkylation sites (N-methyl/N-ethyl adjacent to an activating group) is 1. The molecular formula is C35H43ClN8O3. The number of hydrogen-bond acceptors (Lipinski definition) is 8. The second-order valence-electron chi connectivity index (χ2n) is 13.1. The molecule has 0 aliphatic heterocycles. The first-order valence-corrected chi connectivity index (χ1v) is 16.3. The van der Waals surface area contributed by atoms with Crippen LogP contribution in [0.4, 0.5) is 16.4 Å². The minimum atomic E-state index is -0.654. The molecule has 1 saturated carbocycles. The van der Waals surface area contributed by atoms with E-state index in [9.17, 15) is 9.59 Å². The van der Waals surface area contributed by atoms with Gasteiger partial charge >= 0.3 is 6.09 Å². The van der Waals surface area contributed by atoms with E-state index in [0.29, 0.717) is 41.0 Å². The zero-order valence-corrected chi connectivity index (χ0v) is 28.3. The van der Waals surface area contributed by atoms with Crippen LogP contribution in [0.2, 0.25) is 5.02 Å². The fraction of sp³-hybridized carbons (Fsp3) is 0.400. The lowest BCUT2D eigenvalue weighted by molar-refractivity contribution is -0.111. The highest BCUT2D eigenvalue weighted by Gasteiger charge is 2.33. The van der Waals surface area contributed by atoms with Gasteiger partial charge in [0.1, 0.15) is 5.60 Å². The number of anilines is 2. The standard InChI is InChI=1S/C35H43ClN8O3/c1-35(2,3)47-34(46)44(22-25-16-15-24(19-37-25)40-31(45)14-9-17-43(4)5)26-11-8-10-23(18-26)41-33-39-21-29(36)32(42-33)28-20-38-30-13-7-6-12-27(28)30/h6-7,9,12-16,19-21,23,26,38H,8,10-11,17-18,22H2,1-5H3,(H,40,45)(H,39,41,42)/b14-9+/t23-,26+/m1/s1. The summed E-state index contributed by atoms with van der Waals surface area (Å²) in [5, 5.41) is 7.83. The summed E-state index contributed by atoms with van der Waals surface area (Å²) in [6.45, 7) is 6.52. The Balaban J connectivity index is 1.29. The SMILES string of the molecule is CN(C)C/C=C/C(=O)Nc1ccc(CN(C(=O)OC(C)(C)C)[C@H]2CCC[C@@H](Nc3ncc(Cl)c(-c4c[nH]c5ccccc45)n3)C2)nc1. The van der Waals surface area contributed by atoms with Gasteiger partial charge in [0.15, 0.2) is 0 Å². The number of pyridine rings is 1. The number of para-hydroxylation sites is 1. The normalized spacial score (nSPS) is 16.8. The number of nitrogens with zero attached hydrogens (tertiary/aromatic N) is 5. The summed E-state index contributed by atoms with van der Waals surface area (Å²) in [7, 11) is 3.87. The summed E-state index contributed by atoms with van der Waals surface area (Å²) >= 11 is 6.57. The average Bonchev–Trinajstić information content (AvgIpc) is 3.45. The van der Waals surface area contributed by atoms with E-state index in [-0.39, 0.29) is 24.5 Å². The zero-order valence-electron chi connectivity index (χ0n) is 27.6. The number of hydrogen-bond donors (Lipinski definition) is 3. The van der Waals surface area contributed by atoms with Crippen LogP contribution in [0.3, 0.4) is 0 Å². The van der Waals surface area contributed by atoms with Gasteiger partial charge in [0.05, 0.1) is 41.0 Å². The van der Waals surface area contributed by atoms with Gasteiger partial charge in [-0.2, -0.15) is 0 Å². The molecule has 1 aliphatic carbocycles. The third-order valence-electron chi connectivity index (χ3n) is 7.80. The number of rotatable bonds is 10. The highest BCUT2D eigenvalue weighted by atomic mass is 35.5. The number of ether oxygens (including phenoxy) is 1. The van der Waals surface area contributed by atoms with Crippen molar-refractivity contribution in [1.29, 1.82) is 0 Å². The summed E-state index contributed by atoms with van der Waals surface area (Å²) in [4.78, 5) is 46.7. The van der Waals surface area contributed by atoms with Crippen molar-refractivity contribution in [3.8, 4) is 11.3 Å². The molecule has 0 unspecified atom stereocenters. The van der Waals surface area contributed by atoms with Crippen LogP contribution in [0.5, 0.6) is 0 Å². The third-order valence-corrected chi connectivity index (χ3v) is 8.08. The van der Waals surface area contributed by atoms with E-state index in [1.807, 2.05) is 76.3 Å². The Morgan fingerprint density at radius 2 is 1.91 bits per heavy atom. The molecule has 2 atom stereocenters. The fourth-order valence-corrected chi connectivity index (χ4v) is 5.83. The molecule has 47 heavy (non-hydrogen) atoms. The molecule has 1 fully saturated rings. The molecule has 4 aromatic rings. The average molecular weight is 659 g/mol. The summed E-state index contributed by atoms with van der Waals surface area (Å²) in [5.41, 5.74) is 3.18. The van der Waals surface area contributed by atoms with E-state index >= 15 is 0 Å². The van der Waals surface area contributed by atoms with Gasteiger partial charge < -0.3 is 25.3 Å². The first-order valence-electron chi connectivity index (χ1n) is 15.9. The summed E-state index contributed by atoms with van der Waals surface area (Å²) in [5.74, 6) is 0.260. The van der Waals surface area contributed by atoms with Crippen molar-refractivity contribution in [2.45, 2.75) is 70.7 Å². The highest BCUT2D eigenvalue weighted by molar-refractivity contribution is 6.33. The van der Waals surface area contributed by atoms with Gasteiger partial charge in [-0.3, -0.25) is 14.7 Å².